The van der Waals surface area contributed by atoms with Crippen LogP contribution in [0.25, 0.3) is 0 Å². The van der Waals surface area contributed by atoms with E-state index in [9.17, 15) is 4.79 Å². The highest BCUT2D eigenvalue weighted by atomic mass is 16.7. The van der Waals surface area contributed by atoms with Gasteiger partial charge in [0.1, 0.15) is 6.61 Å². The van der Waals surface area contributed by atoms with E-state index in [0.717, 1.165) is 36.3 Å². The Labute approximate surface area is 185 Å². The van der Waals surface area contributed by atoms with Crippen molar-refractivity contribution in [1.29, 1.82) is 0 Å². The monoisotopic (exact) mass is 429 g/mol. The van der Waals surface area contributed by atoms with Gasteiger partial charge in [0.25, 0.3) is 0 Å². The smallest absolute Gasteiger partial charge is 0.407 e. The van der Waals surface area contributed by atoms with Gasteiger partial charge in [-0.15, -0.1) is 0 Å². The highest BCUT2D eigenvalue weighted by molar-refractivity contribution is 5.67. The molecule has 31 heavy (non-hydrogen) atoms. The van der Waals surface area contributed by atoms with Crippen molar-refractivity contribution in [2.75, 3.05) is 26.6 Å². The maximum absolute atomic E-state index is 12.3. The fraction of sp³-hybridized carbons (Fsp3) is 0.640. The fourth-order valence-corrected chi connectivity index (χ4v) is 5.47. The van der Waals surface area contributed by atoms with Gasteiger partial charge in [-0.3, -0.25) is 0 Å². The lowest BCUT2D eigenvalue weighted by Gasteiger charge is -2.55. The maximum atomic E-state index is 12.3. The summed E-state index contributed by atoms with van der Waals surface area (Å²) in [4.78, 5) is 12.3. The first-order chi connectivity index (χ1) is 15.0. The van der Waals surface area contributed by atoms with E-state index in [0.29, 0.717) is 25.7 Å². The Morgan fingerprint density at radius 2 is 2.03 bits per heavy atom. The minimum Gasteiger partial charge on any atom is -0.454 e. The molecule has 1 saturated heterocycles. The summed E-state index contributed by atoms with van der Waals surface area (Å²) in [7, 11) is 0. The number of unbranched alkanes of at least 4 members (excludes halogenated alkanes) is 2. The number of carbonyl (C=O) groups is 1. The van der Waals surface area contributed by atoms with Crippen LogP contribution in [0.5, 0.6) is 11.5 Å². The largest absolute Gasteiger partial charge is 0.454 e. The lowest BCUT2D eigenvalue weighted by atomic mass is 9.56. The van der Waals surface area contributed by atoms with Crippen molar-refractivity contribution in [2.45, 2.75) is 53.1 Å². The van der Waals surface area contributed by atoms with Crippen LogP contribution in [0.4, 0.5) is 4.79 Å². The average Bonchev–Trinajstić information content (AvgIpc) is 3.22. The summed E-state index contributed by atoms with van der Waals surface area (Å²) in [6, 6.07) is 6.08. The lowest BCUT2D eigenvalue weighted by molar-refractivity contribution is -0.165. The number of hydrogen-bond donors (Lipinski definition) is 1. The van der Waals surface area contributed by atoms with Gasteiger partial charge in [0.2, 0.25) is 6.79 Å². The maximum Gasteiger partial charge on any atom is 0.407 e. The predicted octanol–water partition coefficient (Wildman–Crippen LogP) is 5.24. The predicted molar refractivity (Wildman–Crippen MR) is 118 cm³/mol. The Kier molecular flexibility index (Phi) is 6.47. The van der Waals surface area contributed by atoms with Crippen LogP contribution in [-0.2, 0) is 9.47 Å². The van der Waals surface area contributed by atoms with Crippen molar-refractivity contribution >= 4 is 6.09 Å². The molecule has 1 aliphatic carbocycles. The Bertz CT molecular complexity index is 837. The quantitative estimate of drug-likeness (QED) is 0.474. The van der Waals surface area contributed by atoms with Crippen LogP contribution in [0.15, 0.2) is 29.8 Å². The van der Waals surface area contributed by atoms with E-state index in [1.807, 2.05) is 12.1 Å². The number of alkyl carbamates (subject to hydrolysis) is 1. The minimum absolute atomic E-state index is 0.0516. The molecule has 0 radical (unpaired) electrons. The Balaban J connectivity index is 1.48. The topological polar surface area (TPSA) is 66.0 Å². The molecule has 0 spiro atoms. The number of benzene rings is 1. The minimum atomic E-state index is -0.328. The zero-order chi connectivity index (χ0) is 22.0. The van der Waals surface area contributed by atoms with Gasteiger partial charge in [-0.05, 0) is 42.9 Å². The zero-order valence-corrected chi connectivity index (χ0v) is 19.1. The Morgan fingerprint density at radius 1 is 1.23 bits per heavy atom. The first kappa shape index (κ1) is 22.0. The van der Waals surface area contributed by atoms with Crippen molar-refractivity contribution in [3.63, 3.8) is 0 Å². The second-order valence-electron chi connectivity index (χ2n) is 9.30. The Morgan fingerprint density at radius 3 is 2.84 bits per heavy atom. The molecule has 2 aliphatic heterocycles. The first-order valence-electron chi connectivity index (χ1n) is 11.6. The SMILES string of the molecule is CCCCCNC(=O)OCC12COC(c3ccc4c(c3)OCO4)C(C(C)=CC1C)C2C. The number of amides is 1. The molecule has 5 atom stereocenters. The zero-order valence-electron chi connectivity index (χ0n) is 19.1. The highest BCUT2D eigenvalue weighted by Crippen LogP contribution is 2.56. The van der Waals surface area contributed by atoms with Crippen molar-refractivity contribution in [3.05, 3.63) is 35.4 Å². The second-order valence-corrected chi connectivity index (χ2v) is 9.30. The molecule has 1 N–H and O–H groups in total. The summed E-state index contributed by atoms with van der Waals surface area (Å²) >= 11 is 0. The number of rotatable bonds is 7. The molecule has 6 nitrogen and oxygen atoms in total. The molecule has 2 bridgehead atoms. The standard InChI is InChI=1S/C25H35NO5/c1-5-6-7-10-26-24(27)29-14-25-13-28-23(22(18(25)4)16(2)11-17(25)3)19-8-9-20-21(12-19)31-15-30-20/h8-9,11-12,17-18,22-23H,5-7,10,13-15H2,1-4H3,(H,26,27). The van der Waals surface area contributed by atoms with Gasteiger partial charge in [-0.1, -0.05) is 51.3 Å². The molecular formula is C25H35NO5. The third-order valence-corrected chi connectivity index (χ3v) is 7.50. The molecule has 4 rings (SSSR count). The molecule has 1 aromatic carbocycles. The van der Waals surface area contributed by atoms with Gasteiger partial charge >= 0.3 is 6.09 Å². The van der Waals surface area contributed by atoms with Crippen molar-refractivity contribution in [2.24, 2.45) is 23.2 Å². The van der Waals surface area contributed by atoms with Gasteiger partial charge in [0.15, 0.2) is 11.5 Å². The van der Waals surface area contributed by atoms with Crippen LogP contribution in [0.2, 0.25) is 0 Å². The summed E-state index contributed by atoms with van der Waals surface area (Å²) in [5.74, 6) is 2.36. The number of allylic oxidation sites excluding steroid dienone is 1. The average molecular weight is 430 g/mol. The number of hydrogen-bond acceptors (Lipinski definition) is 5. The first-order valence-corrected chi connectivity index (χ1v) is 11.6. The fourth-order valence-electron chi connectivity index (χ4n) is 5.47. The van der Waals surface area contributed by atoms with E-state index in [-0.39, 0.29) is 36.2 Å². The summed E-state index contributed by atoms with van der Waals surface area (Å²) in [5.41, 5.74) is 2.21. The van der Waals surface area contributed by atoms with Gasteiger partial charge in [-0.2, -0.15) is 0 Å². The van der Waals surface area contributed by atoms with Crippen LogP contribution in [0.3, 0.4) is 0 Å². The molecule has 0 aromatic heterocycles. The van der Waals surface area contributed by atoms with E-state index >= 15 is 0 Å². The van der Waals surface area contributed by atoms with Crippen molar-refractivity contribution < 1.29 is 23.7 Å². The normalized spacial score (nSPS) is 31.2. The second kappa shape index (κ2) is 9.11. The van der Waals surface area contributed by atoms with E-state index in [4.69, 9.17) is 18.9 Å². The number of ether oxygens (including phenoxy) is 4. The molecule has 170 valence electrons. The number of nitrogens with one attached hydrogen (secondary N) is 1. The van der Waals surface area contributed by atoms with Gasteiger partial charge in [-0.25, -0.2) is 4.79 Å². The molecule has 1 fully saturated rings. The van der Waals surface area contributed by atoms with Crippen LogP contribution < -0.4 is 14.8 Å². The highest BCUT2D eigenvalue weighted by Gasteiger charge is 2.54. The molecule has 3 aliphatic rings. The summed E-state index contributed by atoms with van der Waals surface area (Å²) < 4.78 is 23.3. The van der Waals surface area contributed by atoms with E-state index in [2.05, 4.69) is 45.2 Å². The number of carbonyl (C=O) groups excluding carboxylic acids is 1. The molecule has 1 amide bonds. The summed E-state index contributed by atoms with van der Waals surface area (Å²) in [6.45, 7) is 10.7. The third-order valence-electron chi connectivity index (χ3n) is 7.50. The van der Waals surface area contributed by atoms with E-state index in [1.165, 1.54) is 5.57 Å². The molecule has 0 saturated carbocycles. The van der Waals surface area contributed by atoms with Crippen LogP contribution >= 0.6 is 0 Å². The van der Waals surface area contributed by atoms with E-state index < -0.39 is 0 Å². The van der Waals surface area contributed by atoms with Crippen LogP contribution in [0, 0.1) is 23.2 Å². The van der Waals surface area contributed by atoms with Crippen molar-refractivity contribution in [3.8, 4) is 11.5 Å². The Hall–Kier alpha value is -2.21. The molecule has 1 aromatic rings. The van der Waals surface area contributed by atoms with Gasteiger partial charge < -0.3 is 24.3 Å². The summed E-state index contributed by atoms with van der Waals surface area (Å²) in [6.07, 6.45) is 5.18. The molecule has 2 heterocycles. The van der Waals surface area contributed by atoms with Crippen LogP contribution in [-0.4, -0.2) is 32.6 Å². The van der Waals surface area contributed by atoms with Gasteiger partial charge in [0.05, 0.1) is 12.7 Å². The summed E-state index contributed by atoms with van der Waals surface area (Å²) in [5, 5.41) is 2.88. The van der Waals surface area contributed by atoms with E-state index in [1.54, 1.807) is 0 Å². The van der Waals surface area contributed by atoms with Crippen molar-refractivity contribution in [1.82, 2.24) is 5.32 Å². The lowest BCUT2D eigenvalue weighted by Crippen LogP contribution is -2.54. The number of fused-ring (bicyclic) bond motifs is 3. The molecule has 6 heteroatoms. The third kappa shape index (κ3) is 4.14. The molecule has 5 unspecified atom stereocenters. The molecular weight excluding hydrogens is 394 g/mol. The van der Waals surface area contributed by atoms with Crippen LogP contribution in [0.1, 0.15) is 58.6 Å². The van der Waals surface area contributed by atoms with Gasteiger partial charge in [0, 0.05) is 17.9 Å².